The van der Waals surface area contributed by atoms with Crippen LogP contribution < -0.4 is 5.56 Å². The topological polar surface area (TPSA) is 55.1 Å². The normalized spacial score (nSPS) is 18.8. The minimum atomic E-state index is -0.0809. The van der Waals surface area contributed by atoms with E-state index in [2.05, 4.69) is 26.8 Å². The van der Waals surface area contributed by atoms with Gasteiger partial charge < -0.3 is 9.88 Å². The number of piperazine rings is 1. The lowest BCUT2D eigenvalue weighted by Crippen LogP contribution is -2.44. The fraction of sp³-hybridized carbons (Fsp3) is 0.600. The fourth-order valence-corrected chi connectivity index (χ4v) is 1.95. The quantitative estimate of drug-likeness (QED) is 0.724. The van der Waals surface area contributed by atoms with Gasteiger partial charge in [0.2, 0.25) is 0 Å². The smallest absolute Gasteiger partial charge is 0.256 e. The van der Waals surface area contributed by atoms with Crippen LogP contribution in [0.25, 0.3) is 0 Å². The summed E-state index contributed by atoms with van der Waals surface area (Å²) < 4.78 is 0.382. The highest BCUT2D eigenvalue weighted by Gasteiger charge is 2.14. The molecule has 0 bridgehead atoms. The molecule has 0 amide bonds. The number of aromatic nitrogens is 2. The molecule has 1 aromatic rings. The number of nitrogens with one attached hydrogen (secondary N) is 2. The molecule has 0 aliphatic carbocycles. The Hall–Kier alpha value is -0.980. The zero-order valence-corrected chi connectivity index (χ0v) is 10.1. The summed E-state index contributed by atoms with van der Waals surface area (Å²) in [5, 5.41) is 0. The molecule has 0 radical (unpaired) electrons. The summed E-state index contributed by atoms with van der Waals surface area (Å²) in [7, 11) is 2.11. The second-order valence-electron chi connectivity index (χ2n) is 4.18. The van der Waals surface area contributed by atoms with Crippen LogP contribution in [-0.2, 0) is 6.54 Å². The molecule has 88 valence electrons. The van der Waals surface area contributed by atoms with Gasteiger partial charge in [0.25, 0.3) is 5.56 Å². The Morgan fingerprint density at radius 1 is 1.38 bits per heavy atom. The maximum Gasteiger partial charge on any atom is 0.256 e. The Morgan fingerprint density at radius 2 is 2.06 bits per heavy atom. The SMILES string of the molecule is CN1CCN(Cc2c[nH]c(=S)[nH]c2=O)CC1. The van der Waals surface area contributed by atoms with Crippen molar-refractivity contribution in [3.63, 3.8) is 0 Å². The van der Waals surface area contributed by atoms with Crippen molar-refractivity contribution >= 4 is 12.2 Å². The van der Waals surface area contributed by atoms with E-state index >= 15 is 0 Å². The van der Waals surface area contributed by atoms with Crippen LogP contribution >= 0.6 is 12.2 Å². The molecule has 1 aliphatic rings. The maximum absolute atomic E-state index is 11.6. The summed E-state index contributed by atoms with van der Waals surface area (Å²) in [4.78, 5) is 21.6. The minimum Gasteiger partial charge on any atom is -0.338 e. The first-order valence-electron chi connectivity index (χ1n) is 5.37. The van der Waals surface area contributed by atoms with Gasteiger partial charge in [0.05, 0.1) is 0 Å². The van der Waals surface area contributed by atoms with Crippen LogP contribution in [0.4, 0.5) is 0 Å². The summed E-state index contributed by atoms with van der Waals surface area (Å²) in [6, 6.07) is 0. The van der Waals surface area contributed by atoms with Crippen molar-refractivity contribution in [1.29, 1.82) is 0 Å². The van der Waals surface area contributed by atoms with Gasteiger partial charge in [0.1, 0.15) is 0 Å². The molecule has 1 aromatic heterocycles. The van der Waals surface area contributed by atoms with Crippen LogP contribution in [0, 0.1) is 4.77 Å². The zero-order chi connectivity index (χ0) is 11.5. The Kier molecular flexibility index (Phi) is 3.52. The van der Waals surface area contributed by atoms with E-state index in [0.717, 1.165) is 31.7 Å². The van der Waals surface area contributed by atoms with Gasteiger partial charge in [-0.1, -0.05) is 0 Å². The average Bonchev–Trinajstić information content (AvgIpc) is 2.25. The Balaban J connectivity index is 2.04. The molecular formula is C10H16N4OS. The number of nitrogens with zero attached hydrogens (tertiary/aromatic N) is 2. The molecule has 0 atom stereocenters. The van der Waals surface area contributed by atoms with E-state index in [-0.39, 0.29) is 5.56 Å². The number of rotatable bonds is 2. The first kappa shape index (κ1) is 11.5. The third kappa shape index (κ3) is 2.78. The van der Waals surface area contributed by atoms with Crippen molar-refractivity contribution < 1.29 is 0 Å². The molecule has 16 heavy (non-hydrogen) atoms. The Morgan fingerprint density at radius 3 is 2.69 bits per heavy atom. The summed E-state index contributed by atoms with van der Waals surface area (Å²) in [5.41, 5.74) is 0.667. The highest BCUT2D eigenvalue weighted by atomic mass is 32.1. The lowest BCUT2D eigenvalue weighted by molar-refractivity contribution is 0.147. The number of likely N-dealkylation sites (N-methyl/N-ethyl adjacent to an activating group) is 1. The monoisotopic (exact) mass is 240 g/mol. The Bertz CT molecular complexity index is 458. The zero-order valence-electron chi connectivity index (χ0n) is 9.32. The molecule has 1 saturated heterocycles. The van der Waals surface area contributed by atoms with Gasteiger partial charge in [0, 0.05) is 44.5 Å². The van der Waals surface area contributed by atoms with Crippen molar-refractivity contribution in [2.45, 2.75) is 6.54 Å². The van der Waals surface area contributed by atoms with Gasteiger partial charge >= 0.3 is 0 Å². The number of hydrogen-bond donors (Lipinski definition) is 2. The second-order valence-corrected chi connectivity index (χ2v) is 4.58. The van der Waals surface area contributed by atoms with Gasteiger partial charge in [-0.25, -0.2) is 0 Å². The Labute approximate surface area is 99.1 Å². The van der Waals surface area contributed by atoms with Crippen molar-refractivity contribution in [2.75, 3.05) is 33.2 Å². The van der Waals surface area contributed by atoms with Crippen LogP contribution in [0.1, 0.15) is 5.56 Å². The molecule has 2 heterocycles. The van der Waals surface area contributed by atoms with Crippen LogP contribution in [-0.4, -0.2) is 53.0 Å². The van der Waals surface area contributed by atoms with Gasteiger partial charge in [-0.15, -0.1) is 0 Å². The third-order valence-corrected chi connectivity index (χ3v) is 3.11. The lowest BCUT2D eigenvalue weighted by Gasteiger charge is -2.32. The van der Waals surface area contributed by atoms with E-state index in [9.17, 15) is 4.79 Å². The molecule has 0 aromatic carbocycles. The van der Waals surface area contributed by atoms with Crippen molar-refractivity contribution in [3.8, 4) is 0 Å². The van der Waals surface area contributed by atoms with Crippen molar-refractivity contribution in [1.82, 2.24) is 19.8 Å². The van der Waals surface area contributed by atoms with Crippen LogP contribution in [0.3, 0.4) is 0 Å². The van der Waals surface area contributed by atoms with Crippen LogP contribution in [0.5, 0.6) is 0 Å². The predicted molar refractivity (Wildman–Crippen MR) is 65.0 cm³/mol. The van der Waals surface area contributed by atoms with E-state index in [1.54, 1.807) is 6.20 Å². The molecule has 6 heteroatoms. The highest BCUT2D eigenvalue weighted by Crippen LogP contribution is 2.03. The first-order chi connectivity index (χ1) is 7.65. The van der Waals surface area contributed by atoms with E-state index < -0.39 is 0 Å². The van der Waals surface area contributed by atoms with E-state index in [0.29, 0.717) is 11.3 Å². The number of H-pyrrole nitrogens is 2. The van der Waals surface area contributed by atoms with Crippen LogP contribution in [0.2, 0.25) is 0 Å². The second kappa shape index (κ2) is 4.90. The third-order valence-electron chi connectivity index (χ3n) is 2.89. The molecule has 0 saturated carbocycles. The average molecular weight is 240 g/mol. The van der Waals surface area contributed by atoms with Gasteiger partial charge in [-0.2, -0.15) is 0 Å². The van der Waals surface area contributed by atoms with Gasteiger partial charge in [0.15, 0.2) is 4.77 Å². The van der Waals surface area contributed by atoms with Gasteiger partial charge in [-0.05, 0) is 19.3 Å². The molecule has 5 nitrogen and oxygen atoms in total. The molecule has 1 aliphatic heterocycles. The maximum atomic E-state index is 11.6. The molecule has 2 N–H and O–H groups in total. The molecule has 2 rings (SSSR count). The van der Waals surface area contributed by atoms with E-state index in [4.69, 9.17) is 12.2 Å². The minimum absolute atomic E-state index is 0.0809. The predicted octanol–water partition coefficient (Wildman–Crippen LogP) is 0.180. The standard InChI is InChI=1S/C10H16N4OS/c1-13-2-4-14(5-3-13)7-8-6-11-10(16)12-9(8)15/h6H,2-5,7H2,1H3,(H2,11,12,15,16). The number of hydrogen-bond acceptors (Lipinski definition) is 4. The summed E-state index contributed by atoms with van der Waals surface area (Å²) in [5.74, 6) is 0. The number of aromatic amines is 2. The first-order valence-corrected chi connectivity index (χ1v) is 5.78. The molecule has 0 spiro atoms. The highest BCUT2D eigenvalue weighted by molar-refractivity contribution is 7.71. The molecule has 1 fully saturated rings. The van der Waals surface area contributed by atoms with E-state index in [1.165, 1.54) is 0 Å². The van der Waals surface area contributed by atoms with Crippen LogP contribution in [0.15, 0.2) is 11.0 Å². The van der Waals surface area contributed by atoms with Gasteiger partial charge in [-0.3, -0.25) is 14.7 Å². The molecule has 0 unspecified atom stereocenters. The van der Waals surface area contributed by atoms with E-state index in [1.807, 2.05) is 0 Å². The summed E-state index contributed by atoms with van der Waals surface area (Å²) in [6.45, 7) is 4.81. The molecular weight excluding hydrogens is 224 g/mol. The summed E-state index contributed by atoms with van der Waals surface area (Å²) >= 11 is 4.85. The van der Waals surface area contributed by atoms with Crippen molar-refractivity contribution in [2.24, 2.45) is 0 Å². The largest absolute Gasteiger partial charge is 0.338 e. The lowest BCUT2D eigenvalue weighted by atomic mass is 10.2. The fourth-order valence-electron chi connectivity index (χ4n) is 1.80. The van der Waals surface area contributed by atoms with Crippen molar-refractivity contribution in [3.05, 3.63) is 26.9 Å². The summed E-state index contributed by atoms with van der Waals surface area (Å²) in [6.07, 6.45) is 1.71.